The smallest absolute Gasteiger partial charge is 0.304 e. The number of ether oxygens (including phenoxy) is 1. The van der Waals surface area contributed by atoms with Gasteiger partial charge in [-0.3, -0.25) is 9.59 Å². The van der Waals surface area contributed by atoms with Crippen molar-refractivity contribution in [1.82, 2.24) is 4.90 Å². The molecule has 0 saturated carbocycles. The standard InChI is InChI=1S/C10H17NO4S/c12-9(11-3-5-15-6-4-11)1-7-16-8-2-10(13)14/h1-8H2,(H,13,14). The Hall–Kier alpha value is -0.750. The molecule has 1 N–H and O–H groups in total. The van der Waals surface area contributed by atoms with Crippen molar-refractivity contribution in [2.75, 3.05) is 37.8 Å². The fourth-order valence-electron chi connectivity index (χ4n) is 1.39. The maximum absolute atomic E-state index is 11.6. The van der Waals surface area contributed by atoms with Gasteiger partial charge in [0.2, 0.25) is 5.91 Å². The van der Waals surface area contributed by atoms with Gasteiger partial charge in [0.15, 0.2) is 0 Å². The molecule has 0 radical (unpaired) electrons. The number of morpholine rings is 1. The number of carbonyl (C=O) groups is 2. The molecule has 6 heteroatoms. The molecule has 1 saturated heterocycles. The van der Waals surface area contributed by atoms with Crippen molar-refractivity contribution in [3.8, 4) is 0 Å². The highest BCUT2D eigenvalue weighted by molar-refractivity contribution is 7.99. The molecule has 0 spiro atoms. The molecule has 1 rings (SSSR count). The van der Waals surface area contributed by atoms with Gasteiger partial charge in [0.05, 0.1) is 19.6 Å². The fraction of sp³-hybridized carbons (Fsp3) is 0.800. The molecule has 0 aromatic carbocycles. The van der Waals surface area contributed by atoms with Gasteiger partial charge in [-0.15, -0.1) is 0 Å². The van der Waals surface area contributed by atoms with Crippen molar-refractivity contribution in [3.63, 3.8) is 0 Å². The van der Waals surface area contributed by atoms with Crippen LogP contribution in [0.1, 0.15) is 12.8 Å². The van der Waals surface area contributed by atoms with E-state index < -0.39 is 5.97 Å². The Balaban J connectivity index is 2.03. The molecule has 0 unspecified atom stereocenters. The average Bonchev–Trinajstić information content (AvgIpc) is 2.29. The van der Waals surface area contributed by atoms with E-state index >= 15 is 0 Å². The third-order valence-electron chi connectivity index (χ3n) is 2.28. The summed E-state index contributed by atoms with van der Waals surface area (Å²) in [7, 11) is 0. The van der Waals surface area contributed by atoms with E-state index in [-0.39, 0.29) is 12.3 Å². The van der Waals surface area contributed by atoms with Crippen molar-refractivity contribution < 1.29 is 19.4 Å². The van der Waals surface area contributed by atoms with E-state index in [2.05, 4.69) is 0 Å². The summed E-state index contributed by atoms with van der Waals surface area (Å²) >= 11 is 1.51. The van der Waals surface area contributed by atoms with Crippen LogP contribution in [-0.4, -0.2) is 59.7 Å². The van der Waals surface area contributed by atoms with Crippen LogP contribution in [0.25, 0.3) is 0 Å². The molecule has 1 aliphatic rings. The van der Waals surface area contributed by atoms with Crippen LogP contribution in [0.5, 0.6) is 0 Å². The number of carboxylic acid groups (broad SMARTS) is 1. The van der Waals surface area contributed by atoms with E-state index in [1.807, 2.05) is 0 Å². The lowest BCUT2D eigenvalue weighted by Gasteiger charge is -2.26. The zero-order valence-electron chi connectivity index (χ0n) is 9.18. The molecule has 0 aliphatic carbocycles. The molecule has 5 nitrogen and oxygen atoms in total. The largest absolute Gasteiger partial charge is 0.481 e. The number of carbonyl (C=O) groups excluding carboxylic acids is 1. The Kier molecular flexibility index (Phi) is 6.25. The van der Waals surface area contributed by atoms with Crippen molar-refractivity contribution in [3.05, 3.63) is 0 Å². The topological polar surface area (TPSA) is 66.8 Å². The van der Waals surface area contributed by atoms with Gasteiger partial charge >= 0.3 is 5.97 Å². The minimum Gasteiger partial charge on any atom is -0.481 e. The van der Waals surface area contributed by atoms with Crippen LogP contribution >= 0.6 is 11.8 Å². The lowest BCUT2D eigenvalue weighted by molar-refractivity contribution is -0.136. The third kappa shape index (κ3) is 5.37. The predicted molar refractivity (Wildman–Crippen MR) is 61.6 cm³/mol. The van der Waals surface area contributed by atoms with E-state index in [9.17, 15) is 9.59 Å². The summed E-state index contributed by atoms with van der Waals surface area (Å²) in [5, 5.41) is 8.42. The van der Waals surface area contributed by atoms with Crippen molar-refractivity contribution in [2.24, 2.45) is 0 Å². The Morgan fingerprint density at radius 2 is 1.81 bits per heavy atom. The van der Waals surface area contributed by atoms with E-state index in [1.165, 1.54) is 11.8 Å². The maximum atomic E-state index is 11.6. The monoisotopic (exact) mass is 247 g/mol. The molecule has 0 bridgehead atoms. The van der Waals surface area contributed by atoms with Crippen molar-refractivity contribution >= 4 is 23.6 Å². The molecular weight excluding hydrogens is 230 g/mol. The summed E-state index contributed by atoms with van der Waals surface area (Å²) in [5.41, 5.74) is 0. The number of aliphatic carboxylic acids is 1. The number of rotatable bonds is 6. The number of hydrogen-bond acceptors (Lipinski definition) is 4. The normalized spacial score (nSPS) is 16.1. The van der Waals surface area contributed by atoms with Crippen LogP contribution in [0.15, 0.2) is 0 Å². The summed E-state index contributed by atoms with van der Waals surface area (Å²) in [6, 6.07) is 0. The highest BCUT2D eigenvalue weighted by Crippen LogP contribution is 2.07. The summed E-state index contributed by atoms with van der Waals surface area (Å²) < 4.78 is 5.15. The Morgan fingerprint density at radius 1 is 1.19 bits per heavy atom. The number of carboxylic acids is 1. The molecule has 92 valence electrons. The van der Waals surface area contributed by atoms with Crippen LogP contribution in [0, 0.1) is 0 Å². The van der Waals surface area contributed by atoms with Gasteiger partial charge in [0, 0.05) is 31.0 Å². The minimum absolute atomic E-state index is 0.145. The van der Waals surface area contributed by atoms with Gasteiger partial charge in [0.1, 0.15) is 0 Å². The van der Waals surface area contributed by atoms with Crippen molar-refractivity contribution in [1.29, 1.82) is 0 Å². The Bertz CT molecular complexity index is 241. The van der Waals surface area contributed by atoms with Gasteiger partial charge in [0.25, 0.3) is 0 Å². The molecule has 0 aromatic rings. The van der Waals surface area contributed by atoms with E-state index in [0.717, 1.165) is 0 Å². The molecule has 1 fully saturated rings. The van der Waals surface area contributed by atoms with Gasteiger partial charge in [-0.25, -0.2) is 0 Å². The summed E-state index contributed by atoms with van der Waals surface area (Å²) in [4.78, 5) is 23.7. The van der Waals surface area contributed by atoms with Crippen LogP contribution in [0.4, 0.5) is 0 Å². The van der Waals surface area contributed by atoms with Crippen LogP contribution in [0.2, 0.25) is 0 Å². The first-order chi connectivity index (χ1) is 7.70. The quantitative estimate of drug-likeness (QED) is 0.690. The number of amides is 1. The average molecular weight is 247 g/mol. The van der Waals surface area contributed by atoms with Gasteiger partial charge in [-0.2, -0.15) is 11.8 Å². The van der Waals surface area contributed by atoms with Crippen LogP contribution in [0.3, 0.4) is 0 Å². The summed E-state index contributed by atoms with van der Waals surface area (Å²) in [6.45, 7) is 2.60. The second-order valence-electron chi connectivity index (χ2n) is 3.50. The Labute approximate surface area is 99.1 Å². The molecule has 1 aliphatic heterocycles. The second kappa shape index (κ2) is 7.51. The third-order valence-corrected chi connectivity index (χ3v) is 3.27. The molecule has 1 amide bonds. The SMILES string of the molecule is O=C(O)CCSCCC(=O)N1CCOCC1. The molecular formula is C10H17NO4S. The van der Waals surface area contributed by atoms with Gasteiger partial charge < -0.3 is 14.7 Å². The van der Waals surface area contributed by atoms with Gasteiger partial charge in [-0.1, -0.05) is 0 Å². The number of nitrogens with zero attached hydrogens (tertiary/aromatic N) is 1. The van der Waals surface area contributed by atoms with E-state index in [4.69, 9.17) is 9.84 Å². The van der Waals surface area contributed by atoms with Gasteiger partial charge in [-0.05, 0) is 0 Å². The first-order valence-electron chi connectivity index (χ1n) is 5.35. The number of thioether (sulfide) groups is 1. The lowest BCUT2D eigenvalue weighted by Crippen LogP contribution is -2.40. The summed E-state index contributed by atoms with van der Waals surface area (Å²) in [6.07, 6.45) is 0.653. The first kappa shape index (κ1) is 13.3. The second-order valence-corrected chi connectivity index (χ2v) is 4.72. The van der Waals surface area contributed by atoms with Crippen molar-refractivity contribution in [2.45, 2.75) is 12.8 Å². The fourth-order valence-corrected chi connectivity index (χ4v) is 2.23. The first-order valence-corrected chi connectivity index (χ1v) is 6.50. The molecule has 1 heterocycles. The summed E-state index contributed by atoms with van der Waals surface area (Å²) in [5.74, 6) is 0.632. The highest BCUT2D eigenvalue weighted by atomic mass is 32.2. The Morgan fingerprint density at radius 3 is 2.44 bits per heavy atom. The number of hydrogen-bond donors (Lipinski definition) is 1. The molecule has 0 atom stereocenters. The predicted octanol–water partition coefficient (Wildman–Crippen LogP) is 0.443. The maximum Gasteiger partial charge on any atom is 0.304 e. The van der Waals surface area contributed by atoms with Crippen LogP contribution in [-0.2, 0) is 14.3 Å². The van der Waals surface area contributed by atoms with E-state index in [0.29, 0.717) is 44.2 Å². The highest BCUT2D eigenvalue weighted by Gasteiger charge is 2.15. The zero-order valence-corrected chi connectivity index (χ0v) is 10.0. The van der Waals surface area contributed by atoms with Crippen LogP contribution < -0.4 is 0 Å². The molecule has 16 heavy (non-hydrogen) atoms. The zero-order chi connectivity index (χ0) is 11.8. The van der Waals surface area contributed by atoms with E-state index in [1.54, 1.807) is 4.90 Å². The minimum atomic E-state index is -0.785. The lowest BCUT2D eigenvalue weighted by atomic mass is 10.3. The molecule has 0 aromatic heterocycles.